The van der Waals surface area contributed by atoms with Crippen LogP contribution in [0.2, 0.25) is 0 Å². The van der Waals surface area contributed by atoms with E-state index in [0.29, 0.717) is 11.4 Å². The molecule has 0 aliphatic carbocycles. The Kier molecular flexibility index (Phi) is 7.45. The van der Waals surface area contributed by atoms with Gasteiger partial charge < -0.3 is 19.8 Å². The highest BCUT2D eigenvalue weighted by Crippen LogP contribution is 2.18. The largest absolute Gasteiger partial charge is 0.484 e. The molecule has 0 fully saturated rings. The Morgan fingerprint density at radius 2 is 1.77 bits per heavy atom. The minimum Gasteiger partial charge on any atom is -0.484 e. The molecule has 3 rings (SSSR count). The zero-order chi connectivity index (χ0) is 22.1. The average molecular weight is 442 g/mol. The molecule has 31 heavy (non-hydrogen) atoms. The van der Waals surface area contributed by atoms with Gasteiger partial charge in [-0.1, -0.05) is 24.3 Å². The van der Waals surface area contributed by atoms with Crippen molar-refractivity contribution in [2.24, 2.45) is 0 Å². The first kappa shape index (κ1) is 22.1. The molecule has 3 aromatic rings. The van der Waals surface area contributed by atoms with Crippen molar-refractivity contribution in [2.75, 3.05) is 24.2 Å². The van der Waals surface area contributed by atoms with E-state index in [-0.39, 0.29) is 41.9 Å². The van der Waals surface area contributed by atoms with E-state index in [1.165, 1.54) is 6.26 Å². The summed E-state index contributed by atoms with van der Waals surface area (Å²) in [5, 5.41) is 5.30. The maximum absolute atomic E-state index is 12.2. The number of carbonyl (C=O) groups is 2. The molecule has 1 heterocycles. The van der Waals surface area contributed by atoms with E-state index >= 15 is 0 Å². The summed E-state index contributed by atoms with van der Waals surface area (Å²) in [7, 11) is -3.37. The topological polar surface area (TPSA) is 115 Å². The molecule has 0 aliphatic heterocycles. The Morgan fingerprint density at radius 3 is 2.52 bits per heavy atom. The zero-order valence-electron chi connectivity index (χ0n) is 16.6. The number of amides is 2. The third-order valence-corrected chi connectivity index (χ3v) is 6.04. The van der Waals surface area contributed by atoms with Crippen molar-refractivity contribution in [2.45, 2.75) is 11.3 Å². The molecule has 9 heteroatoms. The Bertz CT molecular complexity index is 1110. The molecule has 8 nitrogen and oxygen atoms in total. The summed E-state index contributed by atoms with van der Waals surface area (Å²) >= 11 is 0. The molecule has 0 aliphatic rings. The normalized spacial score (nSPS) is 11.0. The Balaban J connectivity index is 1.40. The molecule has 2 amide bonds. The third-order valence-electron chi connectivity index (χ3n) is 4.22. The lowest BCUT2D eigenvalue weighted by Crippen LogP contribution is -2.30. The SMILES string of the molecule is O=C(COc1cccc(NC(=O)c2ccco2)c1)NCCCS(=O)(=O)c1ccccc1. The predicted molar refractivity (Wildman–Crippen MR) is 115 cm³/mol. The van der Waals surface area contributed by atoms with E-state index in [1.54, 1.807) is 66.7 Å². The first-order valence-corrected chi connectivity index (χ1v) is 11.2. The van der Waals surface area contributed by atoms with Gasteiger partial charge in [-0.3, -0.25) is 9.59 Å². The van der Waals surface area contributed by atoms with Crippen LogP contribution in [0.4, 0.5) is 5.69 Å². The maximum Gasteiger partial charge on any atom is 0.291 e. The number of rotatable bonds is 10. The highest BCUT2D eigenvalue weighted by molar-refractivity contribution is 7.91. The van der Waals surface area contributed by atoms with Crippen molar-refractivity contribution >= 4 is 27.3 Å². The molecule has 0 bridgehead atoms. The fourth-order valence-corrected chi connectivity index (χ4v) is 4.03. The number of anilines is 1. The van der Waals surface area contributed by atoms with Crippen molar-refractivity contribution in [3.05, 3.63) is 78.8 Å². The number of hydrogen-bond donors (Lipinski definition) is 2. The summed E-state index contributed by atoms with van der Waals surface area (Å²) in [5.41, 5.74) is 0.491. The molecule has 0 spiro atoms. The first-order chi connectivity index (χ1) is 14.9. The number of carbonyl (C=O) groups excluding carboxylic acids is 2. The Labute approximate surface area is 180 Å². The minimum atomic E-state index is -3.37. The van der Waals surface area contributed by atoms with Crippen molar-refractivity contribution in [1.82, 2.24) is 5.32 Å². The van der Waals surface area contributed by atoms with Crippen LogP contribution in [-0.4, -0.2) is 39.1 Å². The highest BCUT2D eigenvalue weighted by Gasteiger charge is 2.13. The van der Waals surface area contributed by atoms with Gasteiger partial charge >= 0.3 is 0 Å². The molecule has 2 aromatic carbocycles. The highest BCUT2D eigenvalue weighted by atomic mass is 32.2. The number of furan rings is 1. The van der Waals surface area contributed by atoms with E-state index < -0.39 is 15.7 Å². The summed E-state index contributed by atoms with van der Waals surface area (Å²) in [4.78, 5) is 24.2. The number of sulfone groups is 1. The molecule has 162 valence electrons. The first-order valence-electron chi connectivity index (χ1n) is 9.56. The van der Waals surface area contributed by atoms with Gasteiger partial charge in [-0.05, 0) is 42.8 Å². The Morgan fingerprint density at radius 1 is 0.968 bits per heavy atom. The van der Waals surface area contributed by atoms with E-state index in [1.807, 2.05) is 0 Å². The summed E-state index contributed by atoms with van der Waals surface area (Å²) in [5.74, 6) is -0.248. The summed E-state index contributed by atoms with van der Waals surface area (Å²) in [6, 6.07) is 18.0. The standard InChI is InChI=1S/C22H22N2O6S/c25-21(23-12-6-14-31(27,28)19-9-2-1-3-10-19)16-30-18-8-4-7-17(15-18)24-22(26)20-11-5-13-29-20/h1-5,7-11,13,15H,6,12,14,16H2,(H,23,25)(H,24,26). The van der Waals surface area contributed by atoms with Crippen molar-refractivity contribution in [1.29, 1.82) is 0 Å². The minimum absolute atomic E-state index is 0.0600. The van der Waals surface area contributed by atoms with Gasteiger partial charge in [0.15, 0.2) is 22.2 Å². The van der Waals surface area contributed by atoms with Gasteiger partial charge in [0.1, 0.15) is 5.75 Å². The second-order valence-electron chi connectivity index (χ2n) is 6.58. The van der Waals surface area contributed by atoms with Crippen molar-refractivity contribution < 1.29 is 27.2 Å². The molecule has 0 unspecified atom stereocenters. The van der Waals surface area contributed by atoms with Gasteiger partial charge in [0.2, 0.25) is 0 Å². The average Bonchev–Trinajstić information content (AvgIpc) is 3.31. The fourth-order valence-electron chi connectivity index (χ4n) is 2.70. The predicted octanol–water partition coefficient (Wildman–Crippen LogP) is 2.89. The van der Waals surface area contributed by atoms with Crippen LogP contribution in [-0.2, 0) is 14.6 Å². The van der Waals surface area contributed by atoms with Gasteiger partial charge in [0.05, 0.1) is 16.9 Å². The van der Waals surface area contributed by atoms with Crippen LogP contribution < -0.4 is 15.4 Å². The molecular formula is C22H22N2O6S. The van der Waals surface area contributed by atoms with Gasteiger partial charge in [0.25, 0.3) is 11.8 Å². The quantitative estimate of drug-likeness (QED) is 0.467. The zero-order valence-corrected chi connectivity index (χ0v) is 17.4. The Hall–Kier alpha value is -3.59. The number of hydrogen-bond acceptors (Lipinski definition) is 6. The van der Waals surface area contributed by atoms with Crippen LogP contribution in [0, 0.1) is 0 Å². The van der Waals surface area contributed by atoms with Crippen LogP contribution in [0.3, 0.4) is 0 Å². The lowest BCUT2D eigenvalue weighted by molar-refractivity contribution is -0.123. The third kappa shape index (κ3) is 6.71. The van der Waals surface area contributed by atoms with Crippen LogP contribution in [0.5, 0.6) is 5.75 Å². The molecule has 0 saturated heterocycles. The second-order valence-corrected chi connectivity index (χ2v) is 8.69. The molecule has 2 N–H and O–H groups in total. The molecule has 0 saturated carbocycles. The van der Waals surface area contributed by atoms with E-state index in [0.717, 1.165) is 0 Å². The smallest absolute Gasteiger partial charge is 0.291 e. The monoisotopic (exact) mass is 442 g/mol. The molecular weight excluding hydrogens is 420 g/mol. The van der Waals surface area contributed by atoms with Crippen molar-refractivity contribution in [3.8, 4) is 5.75 Å². The summed E-state index contributed by atoms with van der Waals surface area (Å²) in [6.07, 6.45) is 1.70. The van der Waals surface area contributed by atoms with Crippen molar-refractivity contribution in [3.63, 3.8) is 0 Å². The number of ether oxygens (including phenoxy) is 1. The summed E-state index contributed by atoms with van der Waals surface area (Å²) in [6.45, 7) is -0.0193. The lowest BCUT2D eigenvalue weighted by Gasteiger charge is -2.09. The van der Waals surface area contributed by atoms with Crippen LogP contribution in [0.1, 0.15) is 17.0 Å². The second kappa shape index (κ2) is 10.4. The van der Waals surface area contributed by atoms with E-state index in [9.17, 15) is 18.0 Å². The lowest BCUT2D eigenvalue weighted by atomic mass is 10.3. The molecule has 1 aromatic heterocycles. The van der Waals surface area contributed by atoms with Gasteiger partial charge in [-0.15, -0.1) is 0 Å². The van der Waals surface area contributed by atoms with E-state index in [2.05, 4.69) is 10.6 Å². The molecule has 0 radical (unpaired) electrons. The molecule has 0 atom stereocenters. The van der Waals surface area contributed by atoms with Gasteiger partial charge in [0, 0.05) is 18.3 Å². The number of nitrogens with one attached hydrogen (secondary N) is 2. The number of benzene rings is 2. The van der Waals surface area contributed by atoms with Crippen LogP contribution in [0.15, 0.2) is 82.3 Å². The van der Waals surface area contributed by atoms with Crippen LogP contribution >= 0.6 is 0 Å². The van der Waals surface area contributed by atoms with Gasteiger partial charge in [-0.25, -0.2) is 8.42 Å². The van der Waals surface area contributed by atoms with Gasteiger partial charge in [-0.2, -0.15) is 0 Å². The maximum atomic E-state index is 12.2. The van der Waals surface area contributed by atoms with E-state index in [4.69, 9.17) is 9.15 Å². The van der Waals surface area contributed by atoms with Crippen LogP contribution in [0.25, 0.3) is 0 Å². The summed E-state index contributed by atoms with van der Waals surface area (Å²) < 4.78 is 34.9. The fraction of sp³-hybridized carbons (Fsp3) is 0.182.